The number of carbonyl (C=O) groups excluding carboxylic acids is 1. The largest absolute Gasteiger partial charge is 0.486 e. The summed E-state index contributed by atoms with van der Waals surface area (Å²) < 4.78 is 44.4. The number of amides is 1. The fraction of sp³-hybridized carbons (Fsp3) is 0.304. The van der Waals surface area contributed by atoms with E-state index in [9.17, 15) is 13.6 Å². The molecule has 0 bridgehead atoms. The minimum Gasteiger partial charge on any atom is -0.486 e. The van der Waals surface area contributed by atoms with Gasteiger partial charge in [-0.25, -0.2) is 13.8 Å². The summed E-state index contributed by atoms with van der Waals surface area (Å²) in [7, 11) is 0. The van der Waals surface area contributed by atoms with Gasteiger partial charge in [-0.15, -0.1) is 0 Å². The van der Waals surface area contributed by atoms with E-state index in [1.165, 1.54) is 12.3 Å². The molecule has 6 nitrogen and oxygen atoms in total. The van der Waals surface area contributed by atoms with Gasteiger partial charge in [0.1, 0.15) is 24.8 Å². The van der Waals surface area contributed by atoms with E-state index in [4.69, 9.17) is 13.9 Å². The zero-order valence-electron chi connectivity index (χ0n) is 17.1. The number of ether oxygens (including phenoxy) is 2. The third-order valence-electron chi connectivity index (χ3n) is 5.03. The van der Waals surface area contributed by atoms with Gasteiger partial charge in [0.25, 0.3) is 0 Å². The molecule has 31 heavy (non-hydrogen) atoms. The Labute approximate surface area is 178 Å². The predicted molar refractivity (Wildman–Crippen MR) is 109 cm³/mol. The molecule has 1 aromatic heterocycles. The van der Waals surface area contributed by atoms with Gasteiger partial charge in [0.15, 0.2) is 23.1 Å². The number of hydrogen-bond donors (Lipinski definition) is 0. The first kappa shape index (κ1) is 20.8. The number of benzene rings is 2. The minimum atomic E-state index is -0.727. The van der Waals surface area contributed by atoms with Gasteiger partial charge in [0.2, 0.25) is 5.91 Å². The van der Waals surface area contributed by atoms with E-state index < -0.39 is 11.6 Å². The zero-order chi connectivity index (χ0) is 21.8. The summed E-state index contributed by atoms with van der Waals surface area (Å²) in [6, 6.07) is 9.23. The van der Waals surface area contributed by atoms with E-state index in [1.807, 2.05) is 25.1 Å². The number of nitrogens with zero attached hydrogens (tertiary/aromatic N) is 2. The SMILES string of the molecule is CCN(Cc1ccc2c(c1)OCCO2)C(=O)CCc1ncc(-c2c(F)cccc2F)o1. The molecule has 0 fully saturated rings. The second-order valence-electron chi connectivity index (χ2n) is 7.10. The zero-order valence-corrected chi connectivity index (χ0v) is 17.1. The van der Waals surface area contributed by atoms with Gasteiger partial charge in [0, 0.05) is 25.9 Å². The van der Waals surface area contributed by atoms with Crippen molar-refractivity contribution in [2.24, 2.45) is 0 Å². The molecule has 1 aliphatic heterocycles. The van der Waals surface area contributed by atoms with Crippen LogP contribution in [0, 0.1) is 11.6 Å². The topological polar surface area (TPSA) is 64.8 Å². The summed E-state index contributed by atoms with van der Waals surface area (Å²) in [5, 5.41) is 0. The van der Waals surface area contributed by atoms with Crippen molar-refractivity contribution in [2.75, 3.05) is 19.8 Å². The standard InChI is InChI=1S/C23H22F2N2O4/c1-2-27(14-15-6-7-18-19(12-15)30-11-10-29-18)22(28)9-8-21-26-13-20(31-21)23-16(24)4-3-5-17(23)25/h3-7,12-13H,2,8-11,14H2,1H3. The molecule has 0 atom stereocenters. The number of rotatable bonds is 7. The van der Waals surface area contributed by atoms with Crippen LogP contribution >= 0.6 is 0 Å². The molecule has 0 saturated heterocycles. The molecule has 0 spiro atoms. The van der Waals surface area contributed by atoms with Crippen molar-refractivity contribution >= 4 is 5.91 Å². The maximum absolute atomic E-state index is 13.9. The first-order valence-corrected chi connectivity index (χ1v) is 10.1. The van der Waals surface area contributed by atoms with Crippen molar-refractivity contribution in [3.8, 4) is 22.8 Å². The van der Waals surface area contributed by atoms with E-state index in [2.05, 4.69) is 4.98 Å². The second-order valence-corrected chi connectivity index (χ2v) is 7.10. The van der Waals surface area contributed by atoms with Crippen LogP contribution in [0.25, 0.3) is 11.3 Å². The van der Waals surface area contributed by atoms with Crippen LogP contribution in [-0.4, -0.2) is 35.5 Å². The fourth-order valence-corrected chi connectivity index (χ4v) is 3.43. The number of halogens is 2. The Morgan fingerprint density at radius 3 is 2.58 bits per heavy atom. The summed E-state index contributed by atoms with van der Waals surface area (Å²) in [4.78, 5) is 18.5. The molecule has 2 aromatic carbocycles. The average molecular weight is 428 g/mol. The molecule has 0 unspecified atom stereocenters. The van der Waals surface area contributed by atoms with Gasteiger partial charge in [0.05, 0.1) is 11.8 Å². The number of carbonyl (C=O) groups is 1. The highest BCUT2D eigenvalue weighted by Crippen LogP contribution is 2.31. The predicted octanol–water partition coefficient (Wildman–Crippen LogP) is 4.37. The highest BCUT2D eigenvalue weighted by Gasteiger charge is 2.19. The Balaban J connectivity index is 1.38. The third-order valence-corrected chi connectivity index (χ3v) is 5.03. The van der Waals surface area contributed by atoms with Crippen LogP contribution in [-0.2, 0) is 17.8 Å². The third kappa shape index (κ3) is 4.68. The minimum absolute atomic E-state index is 0.00155. The smallest absolute Gasteiger partial charge is 0.223 e. The Kier molecular flexibility index (Phi) is 6.16. The number of fused-ring (bicyclic) bond motifs is 1. The van der Waals surface area contributed by atoms with Gasteiger partial charge in [-0.1, -0.05) is 12.1 Å². The van der Waals surface area contributed by atoms with Gasteiger partial charge in [-0.3, -0.25) is 4.79 Å². The quantitative estimate of drug-likeness (QED) is 0.559. The summed E-state index contributed by atoms with van der Waals surface area (Å²) in [6.45, 7) is 3.90. The molecule has 8 heteroatoms. The van der Waals surface area contributed by atoms with E-state index in [0.717, 1.165) is 17.7 Å². The van der Waals surface area contributed by atoms with Crippen LogP contribution in [0.1, 0.15) is 24.8 Å². The maximum Gasteiger partial charge on any atom is 0.223 e. The Hall–Kier alpha value is -3.42. The molecule has 162 valence electrons. The van der Waals surface area contributed by atoms with Crippen LogP contribution in [0.4, 0.5) is 8.78 Å². The van der Waals surface area contributed by atoms with Crippen molar-refractivity contribution in [1.82, 2.24) is 9.88 Å². The Morgan fingerprint density at radius 2 is 1.84 bits per heavy atom. The average Bonchev–Trinajstić information content (AvgIpc) is 3.24. The summed E-state index contributed by atoms with van der Waals surface area (Å²) >= 11 is 0. The lowest BCUT2D eigenvalue weighted by atomic mass is 10.1. The van der Waals surface area contributed by atoms with Crippen LogP contribution in [0.3, 0.4) is 0 Å². The number of oxazole rings is 1. The first-order chi connectivity index (χ1) is 15.0. The molecule has 0 radical (unpaired) electrons. The van der Waals surface area contributed by atoms with Gasteiger partial charge < -0.3 is 18.8 Å². The van der Waals surface area contributed by atoms with E-state index >= 15 is 0 Å². The maximum atomic E-state index is 13.9. The molecule has 4 rings (SSSR count). The molecule has 1 aliphatic rings. The van der Waals surface area contributed by atoms with Gasteiger partial charge >= 0.3 is 0 Å². The molecule has 0 aliphatic carbocycles. The summed E-state index contributed by atoms with van der Waals surface area (Å²) in [5.41, 5.74) is 0.675. The van der Waals surface area contributed by atoms with Gasteiger partial charge in [-0.2, -0.15) is 0 Å². The van der Waals surface area contributed by atoms with Crippen LogP contribution in [0.2, 0.25) is 0 Å². The monoisotopic (exact) mass is 428 g/mol. The summed E-state index contributed by atoms with van der Waals surface area (Å²) in [5.74, 6) is 0.110. The normalized spacial score (nSPS) is 12.6. The lowest BCUT2D eigenvalue weighted by Gasteiger charge is -2.23. The highest BCUT2D eigenvalue weighted by molar-refractivity contribution is 5.76. The van der Waals surface area contributed by atoms with Crippen molar-refractivity contribution < 1.29 is 27.5 Å². The van der Waals surface area contributed by atoms with E-state index in [1.54, 1.807) is 4.90 Å². The molecule has 1 amide bonds. The first-order valence-electron chi connectivity index (χ1n) is 10.1. The Bertz CT molecular complexity index is 1060. The molecular weight excluding hydrogens is 406 g/mol. The molecule has 0 N–H and O–H groups in total. The van der Waals surface area contributed by atoms with Crippen molar-refractivity contribution in [3.63, 3.8) is 0 Å². The van der Waals surface area contributed by atoms with Crippen LogP contribution in [0.15, 0.2) is 47.0 Å². The number of aromatic nitrogens is 1. The van der Waals surface area contributed by atoms with Crippen LogP contribution in [0.5, 0.6) is 11.5 Å². The lowest BCUT2D eigenvalue weighted by molar-refractivity contribution is -0.131. The van der Waals surface area contributed by atoms with Crippen LogP contribution < -0.4 is 9.47 Å². The van der Waals surface area contributed by atoms with Crippen molar-refractivity contribution in [1.29, 1.82) is 0 Å². The van der Waals surface area contributed by atoms with E-state index in [-0.39, 0.29) is 36.0 Å². The lowest BCUT2D eigenvalue weighted by Crippen LogP contribution is -2.30. The number of hydrogen-bond acceptors (Lipinski definition) is 5. The van der Waals surface area contributed by atoms with Crippen molar-refractivity contribution in [3.05, 3.63) is 65.7 Å². The molecule has 3 aromatic rings. The molecular formula is C23H22F2N2O4. The number of aryl methyl sites for hydroxylation is 1. The molecule has 2 heterocycles. The highest BCUT2D eigenvalue weighted by atomic mass is 19.1. The van der Waals surface area contributed by atoms with E-state index in [0.29, 0.717) is 37.8 Å². The molecule has 0 saturated carbocycles. The van der Waals surface area contributed by atoms with Gasteiger partial charge in [-0.05, 0) is 36.8 Å². The Morgan fingerprint density at radius 1 is 1.10 bits per heavy atom. The summed E-state index contributed by atoms with van der Waals surface area (Å²) in [6.07, 6.45) is 1.67. The van der Waals surface area contributed by atoms with Crippen molar-refractivity contribution in [2.45, 2.75) is 26.3 Å². The second kappa shape index (κ2) is 9.16. The fourth-order valence-electron chi connectivity index (χ4n) is 3.43.